The van der Waals surface area contributed by atoms with Crippen LogP contribution in [-0.4, -0.2) is 54.3 Å². The molecule has 6 nitrogen and oxygen atoms in total. The van der Waals surface area contributed by atoms with Gasteiger partial charge in [0.25, 0.3) is 5.91 Å². The number of benzene rings is 1. The Morgan fingerprint density at radius 1 is 1.37 bits per heavy atom. The summed E-state index contributed by atoms with van der Waals surface area (Å²) in [6, 6.07) is 5.35. The number of hydrogen-bond acceptors (Lipinski definition) is 4. The number of carbonyl (C=O) groups excluding carboxylic acids is 1. The average molecular weight is 434 g/mol. The van der Waals surface area contributed by atoms with Crippen LogP contribution in [0, 0.1) is 0 Å². The third-order valence-corrected chi connectivity index (χ3v) is 5.96. The van der Waals surface area contributed by atoms with Gasteiger partial charge in [-0.15, -0.1) is 0 Å². The number of carbonyl (C=O) groups is 1. The lowest BCUT2D eigenvalue weighted by atomic mass is 10.0. The standard InChI is InChI=1S/C23H32ClN3O3/c1-16(2)27(18-7-6-10-25-14-18)23(29)20-15-26(11-4-5-12-30-3)21-13-17(24)8-9-19(21)22(20)28/h8-9,13,15-16,18,25H,4-7,10-12,14H2,1-3H3/t18-/m1/s1. The quantitative estimate of drug-likeness (QED) is 0.645. The zero-order valence-electron chi connectivity index (χ0n) is 18.1. The number of rotatable bonds is 8. The van der Waals surface area contributed by atoms with E-state index in [-0.39, 0.29) is 29.0 Å². The molecular weight excluding hydrogens is 402 g/mol. The highest BCUT2D eigenvalue weighted by atomic mass is 35.5. The topological polar surface area (TPSA) is 63.6 Å². The lowest BCUT2D eigenvalue weighted by molar-refractivity contribution is 0.0571. The SMILES string of the molecule is COCCCCn1cc(C(=O)N(C(C)C)[C@@H]2CCCNC2)c(=O)c2ccc(Cl)cc21. The third kappa shape index (κ3) is 5.05. The minimum absolute atomic E-state index is 0.0119. The van der Waals surface area contributed by atoms with Crippen molar-refractivity contribution in [2.24, 2.45) is 0 Å². The minimum Gasteiger partial charge on any atom is -0.385 e. The first-order valence-corrected chi connectivity index (χ1v) is 11.2. The van der Waals surface area contributed by atoms with Crippen molar-refractivity contribution in [3.63, 3.8) is 0 Å². The van der Waals surface area contributed by atoms with Crippen LogP contribution in [0.1, 0.15) is 49.9 Å². The molecule has 1 fully saturated rings. The van der Waals surface area contributed by atoms with Crippen LogP contribution in [-0.2, 0) is 11.3 Å². The Balaban J connectivity index is 2.03. The number of nitrogens with one attached hydrogen (secondary N) is 1. The van der Waals surface area contributed by atoms with Gasteiger partial charge in [-0.1, -0.05) is 11.6 Å². The normalized spacial score (nSPS) is 16.9. The molecule has 0 aliphatic carbocycles. The molecule has 1 N–H and O–H groups in total. The van der Waals surface area contributed by atoms with Gasteiger partial charge in [0.15, 0.2) is 0 Å². The molecule has 1 aromatic heterocycles. The lowest BCUT2D eigenvalue weighted by Gasteiger charge is -2.37. The second-order valence-electron chi connectivity index (χ2n) is 8.23. The molecule has 3 rings (SSSR count). The fourth-order valence-corrected chi connectivity index (χ4v) is 4.43. The molecule has 0 saturated carbocycles. The molecular formula is C23H32ClN3O3. The Hall–Kier alpha value is -1.89. The maximum Gasteiger partial charge on any atom is 0.259 e. The fraction of sp³-hybridized carbons (Fsp3) is 0.565. The minimum atomic E-state index is -0.228. The van der Waals surface area contributed by atoms with E-state index >= 15 is 0 Å². The van der Waals surface area contributed by atoms with E-state index in [0.29, 0.717) is 23.6 Å². The van der Waals surface area contributed by atoms with E-state index in [9.17, 15) is 9.59 Å². The molecule has 0 spiro atoms. The first-order chi connectivity index (χ1) is 14.4. The van der Waals surface area contributed by atoms with Gasteiger partial charge >= 0.3 is 0 Å². The summed E-state index contributed by atoms with van der Waals surface area (Å²) in [7, 11) is 1.69. The Morgan fingerprint density at radius 3 is 2.83 bits per heavy atom. The number of fused-ring (bicyclic) bond motifs is 1. The zero-order valence-corrected chi connectivity index (χ0v) is 18.9. The van der Waals surface area contributed by atoms with E-state index in [2.05, 4.69) is 5.32 Å². The highest BCUT2D eigenvalue weighted by Crippen LogP contribution is 2.21. The highest BCUT2D eigenvalue weighted by Gasteiger charge is 2.30. The Labute approximate surface area is 183 Å². The fourth-order valence-electron chi connectivity index (χ4n) is 4.26. The molecule has 1 aromatic carbocycles. The van der Waals surface area contributed by atoms with Gasteiger partial charge < -0.3 is 19.5 Å². The van der Waals surface area contributed by atoms with E-state index in [0.717, 1.165) is 44.3 Å². The summed E-state index contributed by atoms with van der Waals surface area (Å²) >= 11 is 6.21. The van der Waals surface area contributed by atoms with Gasteiger partial charge in [0.1, 0.15) is 5.56 Å². The number of pyridine rings is 1. The van der Waals surface area contributed by atoms with Crippen molar-refractivity contribution in [3.8, 4) is 0 Å². The van der Waals surface area contributed by atoms with Gasteiger partial charge in [0, 0.05) is 55.5 Å². The molecule has 1 amide bonds. The van der Waals surface area contributed by atoms with Crippen LogP contribution in [0.15, 0.2) is 29.2 Å². The number of aryl methyl sites for hydroxylation is 1. The van der Waals surface area contributed by atoms with Gasteiger partial charge in [-0.25, -0.2) is 0 Å². The molecule has 7 heteroatoms. The number of unbranched alkanes of at least 4 members (excludes halogenated alkanes) is 1. The Morgan fingerprint density at radius 2 is 2.17 bits per heavy atom. The predicted octanol–water partition coefficient (Wildman–Crippen LogP) is 3.68. The molecule has 1 saturated heterocycles. The van der Waals surface area contributed by atoms with Crippen molar-refractivity contribution in [3.05, 3.63) is 45.2 Å². The molecule has 0 unspecified atom stereocenters. The van der Waals surface area contributed by atoms with E-state index in [1.54, 1.807) is 31.5 Å². The molecule has 0 bridgehead atoms. The highest BCUT2D eigenvalue weighted by molar-refractivity contribution is 6.31. The summed E-state index contributed by atoms with van der Waals surface area (Å²) < 4.78 is 7.13. The maximum absolute atomic E-state index is 13.6. The summed E-state index contributed by atoms with van der Waals surface area (Å²) in [6.45, 7) is 7.13. The van der Waals surface area contributed by atoms with E-state index < -0.39 is 0 Å². The summed E-state index contributed by atoms with van der Waals surface area (Å²) in [5, 5.41) is 4.48. The van der Waals surface area contributed by atoms with Crippen molar-refractivity contribution in [1.82, 2.24) is 14.8 Å². The summed E-state index contributed by atoms with van der Waals surface area (Å²) in [5.41, 5.74) is 0.766. The first-order valence-electron chi connectivity index (χ1n) is 10.8. The van der Waals surface area contributed by atoms with Crippen LogP contribution in [0.25, 0.3) is 10.9 Å². The van der Waals surface area contributed by atoms with E-state index in [4.69, 9.17) is 16.3 Å². The molecule has 164 valence electrons. The third-order valence-electron chi connectivity index (χ3n) is 5.73. The summed E-state index contributed by atoms with van der Waals surface area (Å²) in [4.78, 5) is 28.7. The number of halogens is 1. The predicted molar refractivity (Wildman–Crippen MR) is 122 cm³/mol. The van der Waals surface area contributed by atoms with Crippen LogP contribution in [0.3, 0.4) is 0 Å². The van der Waals surface area contributed by atoms with Crippen LogP contribution in [0.4, 0.5) is 0 Å². The van der Waals surface area contributed by atoms with E-state index in [1.165, 1.54) is 0 Å². The van der Waals surface area contributed by atoms with Gasteiger partial charge in [-0.2, -0.15) is 0 Å². The number of nitrogens with zero attached hydrogens (tertiary/aromatic N) is 2. The molecule has 1 aliphatic rings. The van der Waals surface area contributed by atoms with Crippen molar-refractivity contribution in [2.75, 3.05) is 26.8 Å². The van der Waals surface area contributed by atoms with Gasteiger partial charge in [0.05, 0.1) is 5.52 Å². The number of hydrogen-bond donors (Lipinski definition) is 1. The number of aromatic nitrogens is 1. The number of methoxy groups -OCH3 is 1. The first kappa shape index (κ1) is 22.8. The zero-order chi connectivity index (χ0) is 21.7. The molecule has 1 aliphatic heterocycles. The second kappa shape index (κ2) is 10.4. The van der Waals surface area contributed by atoms with Crippen molar-refractivity contribution < 1.29 is 9.53 Å². The number of piperidine rings is 1. The Kier molecular flexibility index (Phi) is 7.92. The van der Waals surface area contributed by atoms with Crippen molar-refractivity contribution in [2.45, 2.75) is 58.2 Å². The molecule has 2 heterocycles. The van der Waals surface area contributed by atoms with Crippen LogP contribution >= 0.6 is 11.6 Å². The van der Waals surface area contributed by atoms with Crippen molar-refractivity contribution in [1.29, 1.82) is 0 Å². The number of ether oxygens (including phenoxy) is 1. The Bertz CT molecular complexity index is 935. The molecule has 2 aromatic rings. The van der Waals surface area contributed by atoms with E-state index in [1.807, 2.05) is 23.3 Å². The van der Waals surface area contributed by atoms with Gasteiger partial charge in [0.2, 0.25) is 5.43 Å². The molecule has 1 atom stereocenters. The second-order valence-corrected chi connectivity index (χ2v) is 8.67. The van der Waals surface area contributed by atoms with Crippen LogP contribution < -0.4 is 10.7 Å². The molecule has 30 heavy (non-hydrogen) atoms. The summed E-state index contributed by atoms with van der Waals surface area (Å²) in [5.74, 6) is -0.189. The summed E-state index contributed by atoms with van der Waals surface area (Å²) in [6.07, 6.45) is 5.49. The van der Waals surface area contributed by atoms with Gasteiger partial charge in [-0.3, -0.25) is 9.59 Å². The largest absolute Gasteiger partial charge is 0.385 e. The lowest BCUT2D eigenvalue weighted by Crippen LogP contribution is -2.52. The van der Waals surface area contributed by atoms with Crippen LogP contribution in [0.5, 0.6) is 0 Å². The van der Waals surface area contributed by atoms with Gasteiger partial charge in [-0.05, 0) is 64.3 Å². The monoisotopic (exact) mass is 433 g/mol. The van der Waals surface area contributed by atoms with Crippen molar-refractivity contribution >= 4 is 28.4 Å². The van der Waals surface area contributed by atoms with Crippen LogP contribution in [0.2, 0.25) is 5.02 Å². The molecule has 0 radical (unpaired) electrons. The number of amides is 1. The maximum atomic E-state index is 13.6. The smallest absolute Gasteiger partial charge is 0.259 e. The average Bonchev–Trinajstić information content (AvgIpc) is 2.73.